The van der Waals surface area contributed by atoms with Crippen molar-refractivity contribution in [2.45, 2.75) is 6.92 Å². The van der Waals surface area contributed by atoms with Crippen molar-refractivity contribution < 1.29 is 18.9 Å². The van der Waals surface area contributed by atoms with Crippen LogP contribution in [0.4, 0.5) is 17.1 Å². The van der Waals surface area contributed by atoms with Crippen molar-refractivity contribution in [1.29, 1.82) is 0 Å². The number of nitro benzene ring substituents is 1. The van der Waals surface area contributed by atoms with Crippen molar-refractivity contribution >= 4 is 57.8 Å². The molecule has 0 unspecified atom stereocenters. The quantitative estimate of drug-likeness (QED) is 0.287. The number of hydrogen-bond donors (Lipinski definition) is 2. The van der Waals surface area contributed by atoms with Gasteiger partial charge in [-0.2, -0.15) is 0 Å². The van der Waals surface area contributed by atoms with Crippen molar-refractivity contribution in [3.05, 3.63) is 86.8 Å². The number of amides is 2. The lowest BCUT2D eigenvalue weighted by Gasteiger charge is -2.36. The van der Waals surface area contributed by atoms with E-state index in [1.165, 1.54) is 31.4 Å². The van der Waals surface area contributed by atoms with Gasteiger partial charge in [-0.15, -0.1) is 0 Å². The molecule has 186 valence electrons. The fourth-order valence-electron chi connectivity index (χ4n) is 3.95. The summed E-state index contributed by atoms with van der Waals surface area (Å²) < 4.78 is 5.20. The number of benzene rings is 2. The SMILES string of the molecule is Cc1c(C(=O)NC(=S)Nc2ccc(N3CCN(C(=O)c4ccco4)CC3)c(Cl)c2)cccc1[N+](=O)[O-]. The van der Waals surface area contributed by atoms with Gasteiger partial charge in [0.05, 0.1) is 21.9 Å². The number of halogens is 1. The second-order valence-electron chi connectivity index (χ2n) is 8.04. The number of nitrogens with one attached hydrogen (secondary N) is 2. The van der Waals surface area contributed by atoms with Gasteiger partial charge in [0, 0.05) is 49.1 Å². The first-order chi connectivity index (χ1) is 17.2. The number of carbonyl (C=O) groups is 2. The predicted octanol–water partition coefficient (Wildman–Crippen LogP) is 4.24. The monoisotopic (exact) mass is 527 g/mol. The summed E-state index contributed by atoms with van der Waals surface area (Å²) in [6.45, 7) is 3.78. The molecular formula is C24H22ClN5O5S. The molecule has 10 nitrogen and oxygen atoms in total. The molecule has 3 aromatic rings. The van der Waals surface area contributed by atoms with Gasteiger partial charge in [-0.05, 0) is 55.5 Å². The van der Waals surface area contributed by atoms with Gasteiger partial charge in [0.1, 0.15) is 0 Å². The summed E-state index contributed by atoms with van der Waals surface area (Å²) in [5, 5.41) is 17.1. The molecule has 1 aromatic heterocycles. The van der Waals surface area contributed by atoms with Crippen LogP contribution in [0, 0.1) is 17.0 Å². The topological polar surface area (TPSA) is 121 Å². The van der Waals surface area contributed by atoms with Crippen LogP contribution in [0.2, 0.25) is 5.02 Å². The van der Waals surface area contributed by atoms with Gasteiger partial charge in [0.15, 0.2) is 10.9 Å². The molecule has 2 N–H and O–H groups in total. The summed E-state index contributed by atoms with van der Waals surface area (Å²) in [6.07, 6.45) is 1.48. The molecule has 4 rings (SSSR count). The lowest BCUT2D eigenvalue weighted by atomic mass is 10.1. The first kappa shape index (κ1) is 25.1. The third-order valence-electron chi connectivity index (χ3n) is 5.82. The van der Waals surface area contributed by atoms with Crippen molar-refractivity contribution in [2.24, 2.45) is 0 Å². The molecule has 2 amide bonds. The molecule has 0 bridgehead atoms. The van der Waals surface area contributed by atoms with Crippen LogP contribution in [0.5, 0.6) is 0 Å². The maximum absolute atomic E-state index is 12.6. The van der Waals surface area contributed by atoms with Crippen molar-refractivity contribution in [3.8, 4) is 0 Å². The first-order valence-electron chi connectivity index (χ1n) is 11.0. The minimum atomic E-state index is -0.557. The van der Waals surface area contributed by atoms with Gasteiger partial charge < -0.3 is 19.5 Å². The third-order valence-corrected chi connectivity index (χ3v) is 6.33. The third kappa shape index (κ3) is 5.47. The highest BCUT2D eigenvalue weighted by atomic mass is 35.5. The summed E-state index contributed by atoms with van der Waals surface area (Å²) in [7, 11) is 0. The number of anilines is 2. The Morgan fingerprint density at radius 3 is 2.50 bits per heavy atom. The Morgan fingerprint density at radius 2 is 1.86 bits per heavy atom. The van der Waals surface area contributed by atoms with Crippen molar-refractivity contribution in [1.82, 2.24) is 10.2 Å². The second kappa shape index (κ2) is 10.8. The molecule has 2 aromatic carbocycles. The number of nitrogens with zero attached hydrogens (tertiary/aromatic N) is 3. The molecule has 1 saturated heterocycles. The predicted molar refractivity (Wildman–Crippen MR) is 140 cm³/mol. The summed E-state index contributed by atoms with van der Waals surface area (Å²) in [4.78, 5) is 39.5. The Balaban J connectivity index is 1.35. The molecule has 1 aliphatic heterocycles. The van der Waals surface area contributed by atoms with E-state index >= 15 is 0 Å². The Hall–Kier alpha value is -3.96. The van der Waals surface area contributed by atoms with Crippen LogP contribution in [0.1, 0.15) is 26.5 Å². The van der Waals surface area contributed by atoms with Crippen molar-refractivity contribution in [2.75, 3.05) is 36.4 Å². The highest BCUT2D eigenvalue weighted by Gasteiger charge is 2.25. The van der Waals surface area contributed by atoms with E-state index in [1.807, 2.05) is 6.07 Å². The van der Waals surface area contributed by atoms with Crippen LogP contribution in [0.15, 0.2) is 59.2 Å². The van der Waals surface area contributed by atoms with Gasteiger partial charge in [-0.25, -0.2) is 0 Å². The molecule has 36 heavy (non-hydrogen) atoms. The molecule has 2 heterocycles. The highest BCUT2D eigenvalue weighted by Crippen LogP contribution is 2.30. The highest BCUT2D eigenvalue weighted by molar-refractivity contribution is 7.80. The van der Waals surface area contributed by atoms with Gasteiger partial charge in [-0.3, -0.25) is 25.0 Å². The van der Waals surface area contributed by atoms with Crippen LogP contribution in [0.3, 0.4) is 0 Å². The molecular weight excluding hydrogens is 506 g/mol. The number of thiocarbonyl (C=S) groups is 1. The molecule has 0 saturated carbocycles. The van der Waals surface area contributed by atoms with E-state index in [4.69, 9.17) is 28.2 Å². The largest absolute Gasteiger partial charge is 0.459 e. The Kier molecular flexibility index (Phi) is 7.51. The lowest BCUT2D eigenvalue weighted by molar-refractivity contribution is -0.385. The zero-order valence-corrected chi connectivity index (χ0v) is 20.8. The smallest absolute Gasteiger partial charge is 0.289 e. The minimum absolute atomic E-state index is 0.0276. The number of nitro groups is 1. The number of furan rings is 1. The maximum atomic E-state index is 12.6. The van der Waals surface area contributed by atoms with Crippen LogP contribution in [0.25, 0.3) is 0 Å². The van der Waals surface area contributed by atoms with Crippen LogP contribution >= 0.6 is 23.8 Å². The van der Waals surface area contributed by atoms with E-state index in [1.54, 1.807) is 29.2 Å². The zero-order chi connectivity index (χ0) is 25.8. The Bertz CT molecular complexity index is 1320. The average Bonchev–Trinajstić information content (AvgIpc) is 3.39. The molecule has 0 aliphatic carbocycles. The van der Waals surface area contributed by atoms with E-state index in [0.717, 1.165) is 5.69 Å². The molecule has 0 spiro atoms. The summed E-state index contributed by atoms with van der Waals surface area (Å²) >= 11 is 11.8. The van der Waals surface area contributed by atoms with Crippen LogP contribution < -0.4 is 15.5 Å². The fraction of sp³-hybridized carbons (Fsp3) is 0.208. The standard InChI is InChI=1S/C24H22ClN5O5S/c1-15-17(4-2-5-19(15)30(33)34)22(31)27-24(36)26-16-7-8-20(18(25)14-16)28-9-11-29(12-10-28)23(32)21-6-3-13-35-21/h2-8,13-14H,9-12H2,1H3,(H2,26,27,31,36). The van der Waals surface area contributed by atoms with E-state index in [9.17, 15) is 19.7 Å². The number of hydrogen-bond acceptors (Lipinski definition) is 7. The van der Waals surface area contributed by atoms with E-state index in [-0.39, 0.29) is 27.8 Å². The van der Waals surface area contributed by atoms with E-state index in [2.05, 4.69) is 15.5 Å². The number of rotatable bonds is 5. The fourth-order valence-corrected chi connectivity index (χ4v) is 4.46. The minimum Gasteiger partial charge on any atom is -0.459 e. The second-order valence-corrected chi connectivity index (χ2v) is 8.85. The maximum Gasteiger partial charge on any atom is 0.289 e. The number of piperazine rings is 1. The average molecular weight is 528 g/mol. The summed E-state index contributed by atoms with van der Waals surface area (Å²) in [5.74, 6) is -0.375. The van der Waals surface area contributed by atoms with Crippen LogP contribution in [-0.4, -0.2) is 52.9 Å². The van der Waals surface area contributed by atoms with Gasteiger partial charge in [-0.1, -0.05) is 17.7 Å². The van der Waals surface area contributed by atoms with Crippen LogP contribution in [-0.2, 0) is 0 Å². The molecule has 0 atom stereocenters. The van der Waals surface area contributed by atoms with Gasteiger partial charge >= 0.3 is 0 Å². The first-order valence-corrected chi connectivity index (χ1v) is 11.8. The molecule has 1 aliphatic rings. The van der Waals surface area contributed by atoms with Crippen molar-refractivity contribution in [3.63, 3.8) is 0 Å². The van der Waals surface area contributed by atoms with Gasteiger partial charge in [0.25, 0.3) is 17.5 Å². The zero-order valence-electron chi connectivity index (χ0n) is 19.2. The summed E-state index contributed by atoms with van der Waals surface area (Å²) in [5.41, 5.74) is 1.65. The Morgan fingerprint density at radius 1 is 1.11 bits per heavy atom. The molecule has 1 fully saturated rings. The normalized spacial score (nSPS) is 13.3. The summed E-state index contributed by atoms with van der Waals surface area (Å²) in [6, 6.07) is 12.9. The van der Waals surface area contributed by atoms with E-state index in [0.29, 0.717) is 42.6 Å². The molecule has 0 radical (unpaired) electrons. The lowest BCUT2D eigenvalue weighted by Crippen LogP contribution is -2.48. The van der Waals surface area contributed by atoms with E-state index < -0.39 is 10.8 Å². The molecule has 12 heteroatoms. The number of carbonyl (C=O) groups excluding carboxylic acids is 2. The Labute approximate surface area is 217 Å². The van der Waals surface area contributed by atoms with Gasteiger partial charge in [0.2, 0.25) is 0 Å².